The molecule has 8 rings (SSSR count). The molecule has 59 heavy (non-hydrogen) atoms. The largest absolute Gasteiger partial charge is 0.504 e. The molecule has 4 amide bonds. The molecule has 3 aromatic carbocycles. The Balaban J connectivity index is 1.29. The number of hydrazine groups is 1. The van der Waals surface area contributed by atoms with Crippen LogP contribution in [-0.2, 0) is 30.8 Å². The third-order valence-corrected chi connectivity index (χ3v) is 12.1. The van der Waals surface area contributed by atoms with Crippen LogP contribution in [0.1, 0.15) is 29.5 Å². The first-order valence-electron chi connectivity index (χ1n) is 18.1. The average Bonchev–Trinajstić information content (AvgIpc) is 3.59. The number of pyridine rings is 1. The first kappa shape index (κ1) is 39.6. The number of imide groups is 2. The summed E-state index contributed by atoms with van der Waals surface area (Å²) >= 11 is 12.6. The molecule has 6 atom stereocenters. The van der Waals surface area contributed by atoms with Crippen molar-refractivity contribution in [1.29, 1.82) is 0 Å². The lowest BCUT2D eigenvalue weighted by Gasteiger charge is -2.49. The minimum absolute atomic E-state index is 0.0117. The number of nitro benzene ring substituents is 1. The Morgan fingerprint density at radius 2 is 1.75 bits per heavy atom. The van der Waals surface area contributed by atoms with E-state index < -0.39 is 86.1 Å². The molecule has 302 valence electrons. The van der Waals surface area contributed by atoms with E-state index in [1.54, 1.807) is 54.6 Å². The molecule has 2 N–H and O–H groups in total. The van der Waals surface area contributed by atoms with E-state index in [-0.39, 0.29) is 35.7 Å². The summed E-state index contributed by atoms with van der Waals surface area (Å²) in [5.41, 5.74) is 0.771. The second-order valence-electron chi connectivity index (χ2n) is 14.5. The lowest BCUT2D eigenvalue weighted by Crippen LogP contribution is -2.54. The molecule has 0 radical (unpaired) electrons. The summed E-state index contributed by atoms with van der Waals surface area (Å²) in [6, 6.07) is 16.6. The fourth-order valence-electron chi connectivity index (χ4n) is 9.03. The molecule has 2 saturated heterocycles. The Bertz CT molecular complexity index is 2530. The molecule has 4 aliphatic rings. The van der Waals surface area contributed by atoms with Crippen LogP contribution >= 0.6 is 23.2 Å². The number of aromatic nitrogens is 1. The van der Waals surface area contributed by atoms with E-state index in [9.17, 15) is 42.8 Å². The number of nitro groups is 1. The quantitative estimate of drug-likeness (QED) is 0.0773. The number of rotatable bonds is 8. The molecule has 3 fully saturated rings. The first-order chi connectivity index (χ1) is 28.1. The molecule has 0 bridgehead atoms. The lowest BCUT2D eigenvalue weighted by atomic mass is 9.50. The average molecular weight is 849 g/mol. The third kappa shape index (κ3) is 6.37. The van der Waals surface area contributed by atoms with Crippen LogP contribution in [0.5, 0.6) is 11.5 Å². The van der Waals surface area contributed by atoms with Crippen molar-refractivity contribution in [3.8, 4) is 11.5 Å². The van der Waals surface area contributed by atoms with Gasteiger partial charge >= 0.3 is 6.18 Å². The van der Waals surface area contributed by atoms with Crippen molar-refractivity contribution >= 4 is 70.1 Å². The standard InChI is InChI=1S/C41H30Cl2F3N5O8/c1-59-33-15-20(6-14-32(33)52)5-13-29-26-11-12-27-34(38(55)49(36(27)53)24-3-2-4-25(17-24)51(57)58)28(26)18-30-37(54)50(39(56)40(29,30)21-7-9-23(42)10-8-21)48-35-31(43)16-22(19-47-35)41(44,45)46/h2-11,13-17,19,27-30,34,52H,12,18H2,1H3,(H,47,48)/t27-,28+,29-,30-,34-,40-/m0/s1. The molecule has 2 aliphatic carbocycles. The maximum atomic E-state index is 15.3. The maximum absolute atomic E-state index is 15.3. The SMILES string of the molecule is COc1cc(C=C[C@H]2C3=CC[C@@H]4C(=O)N(c5cccc([N+](=O)[O-])c5)C(=O)[C@@H]4[C@@H]3C[C@H]3C(=O)N(Nc4ncc(C(F)(F)F)cc4Cl)C(=O)[C@@]23c2ccc(Cl)cc2)ccc1O. The van der Waals surface area contributed by atoms with E-state index in [0.29, 0.717) is 39.0 Å². The zero-order valence-electron chi connectivity index (χ0n) is 30.5. The van der Waals surface area contributed by atoms with Crippen molar-refractivity contribution in [3.63, 3.8) is 0 Å². The number of phenolic OH excluding ortho intramolecular Hbond substituents is 1. The van der Waals surface area contributed by atoms with Crippen LogP contribution in [0.25, 0.3) is 6.08 Å². The van der Waals surface area contributed by atoms with E-state index >= 15 is 4.79 Å². The van der Waals surface area contributed by atoms with Gasteiger partial charge in [-0.15, -0.1) is 0 Å². The topological polar surface area (TPSA) is 172 Å². The number of nitrogens with zero attached hydrogens (tertiary/aromatic N) is 4. The number of anilines is 2. The summed E-state index contributed by atoms with van der Waals surface area (Å²) in [5, 5.41) is 22.4. The van der Waals surface area contributed by atoms with Gasteiger partial charge in [0, 0.05) is 29.3 Å². The van der Waals surface area contributed by atoms with Crippen LogP contribution < -0.4 is 15.1 Å². The van der Waals surface area contributed by atoms with E-state index in [4.69, 9.17) is 27.9 Å². The number of nitrogens with one attached hydrogen (secondary N) is 1. The highest BCUT2D eigenvalue weighted by Crippen LogP contribution is 2.62. The number of aromatic hydroxyl groups is 1. The molecular formula is C41H30Cl2F3N5O8. The highest BCUT2D eigenvalue weighted by molar-refractivity contribution is 6.33. The number of allylic oxidation sites excluding steroid dienone is 3. The maximum Gasteiger partial charge on any atom is 0.417 e. The Kier molecular flexibility index (Phi) is 9.74. The number of fused-ring (bicyclic) bond motifs is 4. The number of carbonyl (C=O) groups is 4. The highest BCUT2D eigenvalue weighted by atomic mass is 35.5. The molecule has 4 aromatic rings. The Morgan fingerprint density at radius 3 is 2.42 bits per heavy atom. The molecule has 0 unspecified atom stereocenters. The van der Waals surface area contributed by atoms with E-state index in [2.05, 4.69) is 10.4 Å². The van der Waals surface area contributed by atoms with Gasteiger partial charge in [-0.25, -0.2) is 9.88 Å². The number of halogens is 5. The van der Waals surface area contributed by atoms with Crippen LogP contribution in [0.15, 0.2) is 96.7 Å². The summed E-state index contributed by atoms with van der Waals surface area (Å²) in [7, 11) is 1.37. The predicted molar refractivity (Wildman–Crippen MR) is 207 cm³/mol. The van der Waals surface area contributed by atoms with Gasteiger partial charge in [0.05, 0.1) is 51.5 Å². The van der Waals surface area contributed by atoms with Crippen LogP contribution in [0.2, 0.25) is 10.0 Å². The van der Waals surface area contributed by atoms with Crippen LogP contribution in [-0.4, -0.2) is 50.8 Å². The van der Waals surface area contributed by atoms with Crippen molar-refractivity contribution in [2.45, 2.75) is 24.4 Å². The van der Waals surface area contributed by atoms with E-state index in [1.807, 2.05) is 0 Å². The number of amides is 4. The Hall–Kier alpha value is -6.26. The third-order valence-electron chi connectivity index (χ3n) is 11.6. The monoisotopic (exact) mass is 847 g/mol. The fraction of sp³-hybridized carbons (Fsp3) is 0.244. The number of non-ortho nitro benzene ring substituents is 1. The number of hydrogen-bond donors (Lipinski definition) is 2. The molecule has 1 saturated carbocycles. The smallest absolute Gasteiger partial charge is 0.417 e. The molecule has 3 heterocycles. The van der Waals surface area contributed by atoms with Gasteiger partial charge in [-0.3, -0.25) is 34.7 Å². The van der Waals surface area contributed by atoms with Gasteiger partial charge in [-0.1, -0.05) is 71.3 Å². The van der Waals surface area contributed by atoms with Gasteiger partial charge in [0.25, 0.3) is 17.5 Å². The van der Waals surface area contributed by atoms with Crippen LogP contribution in [0, 0.1) is 39.7 Å². The summed E-state index contributed by atoms with van der Waals surface area (Å²) in [6.45, 7) is 0. The summed E-state index contributed by atoms with van der Waals surface area (Å²) in [6.07, 6.45) is 0.796. The normalized spacial score (nSPS) is 25.2. The molecule has 1 aromatic heterocycles. The molecule has 18 heteroatoms. The predicted octanol–water partition coefficient (Wildman–Crippen LogP) is 7.76. The minimum Gasteiger partial charge on any atom is -0.504 e. The molecule has 0 spiro atoms. The van der Waals surface area contributed by atoms with Crippen molar-refractivity contribution in [3.05, 3.63) is 134 Å². The summed E-state index contributed by atoms with van der Waals surface area (Å²) in [5.74, 6) is -8.22. The second kappa shape index (κ2) is 14.5. The summed E-state index contributed by atoms with van der Waals surface area (Å²) < 4.78 is 45.8. The molecule has 2 aliphatic heterocycles. The highest BCUT2D eigenvalue weighted by Gasteiger charge is 2.69. The number of hydrogen-bond acceptors (Lipinski definition) is 10. The van der Waals surface area contributed by atoms with Gasteiger partial charge in [0.2, 0.25) is 11.8 Å². The fourth-order valence-corrected chi connectivity index (χ4v) is 9.37. The van der Waals surface area contributed by atoms with Crippen molar-refractivity contribution in [2.24, 2.45) is 29.6 Å². The zero-order chi connectivity index (χ0) is 42.1. The van der Waals surface area contributed by atoms with Gasteiger partial charge in [0.1, 0.15) is 0 Å². The number of methoxy groups -OCH3 is 1. The minimum atomic E-state index is -4.78. The van der Waals surface area contributed by atoms with Crippen LogP contribution in [0.4, 0.5) is 30.4 Å². The Labute approximate surface area is 342 Å². The first-order valence-corrected chi connectivity index (χ1v) is 18.8. The van der Waals surface area contributed by atoms with Gasteiger partial charge < -0.3 is 9.84 Å². The van der Waals surface area contributed by atoms with Gasteiger partial charge in [-0.2, -0.15) is 18.2 Å². The number of phenols is 1. The van der Waals surface area contributed by atoms with Crippen molar-refractivity contribution < 1.29 is 47.1 Å². The van der Waals surface area contributed by atoms with Crippen LogP contribution in [0.3, 0.4) is 0 Å². The number of benzene rings is 3. The van der Waals surface area contributed by atoms with Crippen molar-refractivity contribution in [1.82, 2.24) is 9.99 Å². The Morgan fingerprint density at radius 1 is 1.00 bits per heavy atom. The van der Waals surface area contributed by atoms with Gasteiger partial charge in [0.15, 0.2) is 17.3 Å². The number of carbonyl (C=O) groups excluding carboxylic acids is 4. The van der Waals surface area contributed by atoms with Gasteiger partial charge in [-0.05, 0) is 66.3 Å². The van der Waals surface area contributed by atoms with Crippen molar-refractivity contribution in [2.75, 3.05) is 17.4 Å². The number of alkyl halides is 3. The van der Waals surface area contributed by atoms with E-state index in [0.717, 1.165) is 11.0 Å². The zero-order valence-corrected chi connectivity index (χ0v) is 32.0. The molecule has 13 nitrogen and oxygen atoms in total. The lowest BCUT2D eigenvalue weighted by molar-refractivity contribution is -0.384. The number of ether oxygens (including phenoxy) is 1. The van der Waals surface area contributed by atoms with E-state index in [1.165, 1.54) is 31.4 Å². The summed E-state index contributed by atoms with van der Waals surface area (Å²) in [4.78, 5) is 74.3. The molecular weight excluding hydrogens is 818 g/mol. The second-order valence-corrected chi connectivity index (χ2v) is 15.4.